The summed E-state index contributed by atoms with van der Waals surface area (Å²) in [5.74, 6) is 1.37. The Kier molecular flexibility index (Phi) is 6.58. The fourth-order valence-corrected chi connectivity index (χ4v) is 7.15. The molecule has 0 N–H and O–H groups in total. The number of para-hydroxylation sites is 1. The number of pyridine rings is 1. The van der Waals surface area contributed by atoms with E-state index in [4.69, 9.17) is 30.8 Å². The van der Waals surface area contributed by atoms with Crippen molar-refractivity contribution in [3.63, 3.8) is 0 Å². The zero-order valence-corrected chi connectivity index (χ0v) is 25.4. The lowest BCUT2D eigenvalue weighted by Gasteiger charge is -2.23. The maximum Gasteiger partial charge on any atom is 0.338 e. The van der Waals surface area contributed by atoms with E-state index < -0.39 is 17.6 Å². The number of hydrogen-bond donors (Lipinski definition) is 0. The number of benzene rings is 2. The van der Waals surface area contributed by atoms with Crippen LogP contribution >= 0.6 is 11.6 Å². The lowest BCUT2D eigenvalue weighted by molar-refractivity contribution is -0.0721. The van der Waals surface area contributed by atoms with E-state index in [2.05, 4.69) is 21.0 Å². The molecule has 10 nitrogen and oxygen atoms in total. The van der Waals surface area contributed by atoms with Crippen LogP contribution in [0.2, 0.25) is 5.02 Å². The van der Waals surface area contributed by atoms with E-state index in [0.717, 1.165) is 30.2 Å². The van der Waals surface area contributed by atoms with Crippen LogP contribution in [0.3, 0.4) is 0 Å². The van der Waals surface area contributed by atoms with Crippen LogP contribution in [-0.4, -0.2) is 55.4 Å². The Labute approximate surface area is 263 Å². The number of piperidine rings is 1. The quantitative estimate of drug-likeness (QED) is 0.211. The van der Waals surface area contributed by atoms with Gasteiger partial charge in [-0.15, -0.1) is 0 Å². The first-order valence-electron chi connectivity index (χ1n) is 14.9. The Hall–Kier alpha value is -4.48. The van der Waals surface area contributed by atoms with Crippen LogP contribution < -0.4 is 9.47 Å². The molecule has 0 radical (unpaired) electrons. The predicted molar refractivity (Wildman–Crippen MR) is 163 cm³/mol. The second kappa shape index (κ2) is 10.6. The van der Waals surface area contributed by atoms with Crippen molar-refractivity contribution in [2.75, 3.05) is 20.2 Å². The van der Waals surface area contributed by atoms with E-state index in [-0.39, 0.29) is 11.1 Å². The number of fused-ring (bicyclic) bond motifs is 3. The number of methoxy groups -OCH3 is 1. The van der Waals surface area contributed by atoms with E-state index in [0.29, 0.717) is 59.4 Å². The molecule has 0 spiro atoms. The zero-order valence-electron chi connectivity index (χ0n) is 24.7. The van der Waals surface area contributed by atoms with E-state index in [1.807, 2.05) is 46.6 Å². The molecule has 3 aromatic heterocycles. The summed E-state index contributed by atoms with van der Waals surface area (Å²) < 4.78 is 36.6. The highest BCUT2D eigenvalue weighted by atomic mass is 35.5. The zero-order chi connectivity index (χ0) is 30.9. The molecule has 2 aromatic carbocycles. The van der Waals surface area contributed by atoms with Crippen LogP contribution in [-0.2, 0) is 30.2 Å². The molecule has 0 bridgehead atoms. The number of rotatable bonds is 8. The molecule has 5 heterocycles. The van der Waals surface area contributed by atoms with Gasteiger partial charge in [0, 0.05) is 50.7 Å². The smallest absolute Gasteiger partial charge is 0.338 e. The van der Waals surface area contributed by atoms with Crippen LogP contribution in [0.4, 0.5) is 4.39 Å². The summed E-state index contributed by atoms with van der Waals surface area (Å²) in [6, 6.07) is 14.4. The fraction of sp³-hybridized carbons (Fsp3) is 0.333. The topological polar surface area (TPSA) is 96.5 Å². The second-order valence-corrected chi connectivity index (χ2v) is 12.4. The molecule has 1 saturated carbocycles. The van der Waals surface area contributed by atoms with Gasteiger partial charge in [0.25, 0.3) is 5.79 Å². The molecule has 1 saturated heterocycles. The summed E-state index contributed by atoms with van der Waals surface area (Å²) in [4.78, 5) is 23.8. The molecule has 8 rings (SSSR count). The second-order valence-electron chi connectivity index (χ2n) is 12.0. The Balaban J connectivity index is 1.02. The van der Waals surface area contributed by atoms with Crippen molar-refractivity contribution in [1.82, 2.24) is 29.2 Å². The molecular weight excluding hydrogens is 599 g/mol. The summed E-state index contributed by atoms with van der Waals surface area (Å²) in [6.07, 6.45) is 5.21. The number of carbonyl (C=O) groups is 1. The van der Waals surface area contributed by atoms with Gasteiger partial charge in [0.2, 0.25) is 0 Å². The van der Waals surface area contributed by atoms with Gasteiger partial charge in [0.15, 0.2) is 17.3 Å². The average molecular weight is 629 g/mol. The fourth-order valence-electron chi connectivity index (χ4n) is 7.03. The third-order valence-electron chi connectivity index (χ3n) is 9.22. The Morgan fingerprint density at radius 1 is 1.13 bits per heavy atom. The van der Waals surface area contributed by atoms with E-state index in [1.54, 1.807) is 24.5 Å². The number of aryl methyl sites for hydroxylation is 2. The molecule has 1 aliphatic carbocycles. The predicted octanol–water partition coefficient (Wildman–Crippen LogP) is 5.40. The van der Waals surface area contributed by atoms with E-state index >= 15 is 4.39 Å². The highest BCUT2D eigenvalue weighted by Gasteiger charge is 2.58. The first-order valence-corrected chi connectivity index (χ1v) is 15.3. The lowest BCUT2D eigenvalue weighted by atomic mass is 10.0. The van der Waals surface area contributed by atoms with Gasteiger partial charge in [-0.3, -0.25) is 14.6 Å². The van der Waals surface area contributed by atoms with E-state index in [9.17, 15) is 4.79 Å². The third kappa shape index (κ3) is 4.81. The molecular formula is C33H30ClFN6O4. The minimum atomic E-state index is -1.03. The maximum atomic E-state index is 15.2. The van der Waals surface area contributed by atoms with Gasteiger partial charge in [-0.1, -0.05) is 23.7 Å². The highest BCUT2D eigenvalue weighted by molar-refractivity contribution is 6.30. The molecule has 0 amide bonds. The summed E-state index contributed by atoms with van der Waals surface area (Å²) >= 11 is 6.05. The standard InChI is InChI=1S/C33H30ClFN6O4/c1-33(27-8-7-20(34)15-36-27)44-26-6-3-5-21(31(26)45-33)29-22-16-39(17-23(22)29)18-28-38-30-24(35)13-19(32(42)43-2)14-25(30)41(28)12-11-40-10-4-9-37-40/h3-10,13-15,22-23,29H,11-12,16-18H2,1-2H3/t22-,23+,29?,33-/m1/s1. The van der Waals surface area contributed by atoms with Crippen molar-refractivity contribution >= 4 is 28.6 Å². The van der Waals surface area contributed by atoms with Gasteiger partial charge in [-0.05, 0) is 54.2 Å². The van der Waals surface area contributed by atoms with Crippen LogP contribution in [0.5, 0.6) is 11.5 Å². The number of ether oxygens (including phenoxy) is 3. The van der Waals surface area contributed by atoms with Gasteiger partial charge >= 0.3 is 5.97 Å². The van der Waals surface area contributed by atoms with Gasteiger partial charge < -0.3 is 18.8 Å². The normalized spacial score (nSPS) is 23.4. The highest BCUT2D eigenvalue weighted by Crippen LogP contribution is 2.62. The largest absolute Gasteiger partial charge is 0.465 e. The summed E-state index contributed by atoms with van der Waals surface area (Å²) in [6.45, 7) is 5.30. The van der Waals surface area contributed by atoms with Crippen LogP contribution in [0.1, 0.15) is 40.3 Å². The number of imidazole rings is 1. The molecule has 2 aliphatic heterocycles. The number of halogens is 2. The summed E-state index contributed by atoms with van der Waals surface area (Å²) in [7, 11) is 1.29. The van der Waals surface area contributed by atoms with Gasteiger partial charge in [-0.2, -0.15) is 5.10 Å². The Morgan fingerprint density at radius 3 is 2.71 bits per heavy atom. The Morgan fingerprint density at radius 2 is 1.98 bits per heavy atom. The molecule has 1 unspecified atom stereocenters. The van der Waals surface area contributed by atoms with Gasteiger partial charge in [-0.25, -0.2) is 14.2 Å². The van der Waals surface area contributed by atoms with Crippen molar-refractivity contribution in [3.8, 4) is 11.5 Å². The lowest BCUT2D eigenvalue weighted by Crippen LogP contribution is -2.32. The molecule has 5 aromatic rings. The third-order valence-corrected chi connectivity index (χ3v) is 9.44. The molecule has 4 atom stereocenters. The van der Waals surface area contributed by atoms with Gasteiger partial charge in [0.1, 0.15) is 17.0 Å². The number of likely N-dealkylation sites (tertiary alicyclic amines) is 1. The number of carbonyl (C=O) groups excluding carboxylic acids is 1. The van der Waals surface area contributed by atoms with Gasteiger partial charge in [0.05, 0.1) is 36.3 Å². The van der Waals surface area contributed by atoms with Crippen molar-refractivity contribution < 1.29 is 23.4 Å². The molecule has 230 valence electrons. The minimum Gasteiger partial charge on any atom is -0.465 e. The first kappa shape index (κ1) is 28.0. The van der Waals surface area contributed by atoms with Crippen molar-refractivity contribution in [3.05, 3.63) is 101 Å². The monoisotopic (exact) mass is 628 g/mol. The number of hydrogen-bond acceptors (Lipinski definition) is 8. The summed E-state index contributed by atoms with van der Waals surface area (Å²) in [5, 5.41) is 4.86. The maximum absolute atomic E-state index is 15.2. The summed E-state index contributed by atoms with van der Waals surface area (Å²) in [5.41, 5.74) is 2.78. The Bertz CT molecular complexity index is 1920. The number of aromatic nitrogens is 5. The SMILES string of the molecule is COC(=O)c1cc(F)c2nc(CN3C[C@@H]4C(c5cccc6c5O[C@](C)(c5ccc(Cl)cn5)O6)[C@@H]4C3)n(CCn3cccn3)c2c1. The van der Waals surface area contributed by atoms with Crippen molar-refractivity contribution in [2.24, 2.45) is 11.8 Å². The van der Waals surface area contributed by atoms with Crippen LogP contribution in [0.25, 0.3) is 11.0 Å². The number of nitrogens with zero attached hydrogens (tertiary/aromatic N) is 6. The van der Waals surface area contributed by atoms with Crippen molar-refractivity contribution in [2.45, 2.75) is 38.3 Å². The van der Waals surface area contributed by atoms with Crippen molar-refractivity contribution in [1.29, 1.82) is 0 Å². The van der Waals surface area contributed by atoms with E-state index in [1.165, 1.54) is 13.2 Å². The molecule has 2 fully saturated rings. The average Bonchev–Trinajstić information content (AvgIpc) is 3.57. The molecule has 45 heavy (non-hydrogen) atoms. The van der Waals surface area contributed by atoms with Crippen LogP contribution in [0.15, 0.2) is 67.1 Å². The van der Waals surface area contributed by atoms with Crippen LogP contribution in [0, 0.1) is 17.7 Å². The minimum absolute atomic E-state index is 0.157. The molecule has 3 aliphatic rings. The number of esters is 1. The molecule has 12 heteroatoms. The first-order chi connectivity index (χ1) is 21.8.